The minimum atomic E-state index is -0.0951. The number of amides is 1. The molecule has 1 saturated heterocycles. The van der Waals surface area contributed by atoms with Crippen LogP contribution in [-0.2, 0) is 17.6 Å². The smallest absolute Gasteiger partial charge is 0.230 e. The number of aromatic nitrogens is 3. The lowest BCUT2D eigenvalue weighted by Gasteiger charge is -2.31. The Balaban J connectivity index is 1.35. The molecule has 0 aliphatic carbocycles. The first-order valence-corrected chi connectivity index (χ1v) is 10.1. The van der Waals surface area contributed by atoms with Gasteiger partial charge in [-0.15, -0.1) is 0 Å². The number of carbonyl (C=O) groups excluding carboxylic acids is 1. The summed E-state index contributed by atoms with van der Waals surface area (Å²) in [6.07, 6.45) is 8.92. The Morgan fingerprint density at radius 2 is 1.76 bits per heavy atom. The first-order chi connectivity index (χ1) is 14.3. The van der Waals surface area contributed by atoms with Crippen LogP contribution in [0.3, 0.4) is 0 Å². The van der Waals surface area contributed by atoms with E-state index in [0.29, 0.717) is 18.3 Å². The molecule has 29 heavy (non-hydrogen) atoms. The van der Waals surface area contributed by atoms with Gasteiger partial charge in [-0.1, -0.05) is 30.3 Å². The second-order valence-corrected chi connectivity index (χ2v) is 7.36. The van der Waals surface area contributed by atoms with Crippen LogP contribution in [0.15, 0.2) is 67.1 Å². The molecule has 1 atom stereocenters. The summed E-state index contributed by atoms with van der Waals surface area (Å²) in [6, 6.07) is 16.2. The lowest BCUT2D eigenvalue weighted by Crippen LogP contribution is -2.41. The summed E-state index contributed by atoms with van der Waals surface area (Å²) in [6.45, 7) is 1.50. The zero-order valence-electron chi connectivity index (χ0n) is 16.4. The van der Waals surface area contributed by atoms with Crippen molar-refractivity contribution in [3.05, 3.63) is 78.2 Å². The molecule has 3 aromatic rings. The van der Waals surface area contributed by atoms with E-state index < -0.39 is 0 Å². The van der Waals surface area contributed by atoms with Gasteiger partial charge in [0.25, 0.3) is 0 Å². The third-order valence-corrected chi connectivity index (χ3v) is 5.25. The van der Waals surface area contributed by atoms with Crippen LogP contribution in [0.2, 0.25) is 0 Å². The summed E-state index contributed by atoms with van der Waals surface area (Å²) in [7, 11) is 0. The van der Waals surface area contributed by atoms with E-state index in [1.54, 1.807) is 24.7 Å². The summed E-state index contributed by atoms with van der Waals surface area (Å²) in [5.74, 6) is 1.22. The molecular formula is C23H25N5O. The highest BCUT2D eigenvalue weighted by atomic mass is 16.2. The highest BCUT2D eigenvalue weighted by Crippen LogP contribution is 2.21. The van der Waals surface area contributed by atoms with E-state index >= 15 is 0 Å². The summed E-state index contributed by atoms with van der Waals surface area (Å²) in [5.41, 5.74) is 2.47. The van der Waals surface area contributed by atoms with E-state index in [-0.39, 0.29) is 11.8 Å². The average molecular weight is 387 g/mol. The second-order valence-electron chi connectivity index (χ2n) is 7.36. The van der Waals surface area contributed by atoms with Crippen molar-refractivity contribution in [2.45, 2.75) is 25.7 Å². The molecule has 1 amide bonds. The molecule has 1 N–H and O–H groups in total. The molecular weight excluding hydrogens is 362 g/mol. The fraction of sp³-hybridized carbons (Fsp3) is 0.304. The van der Waals surface area contributed by atoms with Crippen molar-refractivity contribution in [1.82, 2.24) is 15.0 Å². The first-order valence-electron chi connectivity index (χ1n) is 10.1. The van der Waals surface area contributed by atoms with Crippen molar-refractivity contribution in [1.29, 1.82) is 0 Å². The number of anilines is 2. The minimum absolute atomic E-state index is 0.0124. The highest BCUT2D eigenvalue weighted by molar-refractivity contribution is 5.92. The van der Waals surface area contributed by atoms with Crippen LogP contribution in [0.4, 0.5) is 11.8 Å². The molecule has 4 rings (SSSR count). The monoisotopic (exact) mass is 387 g/mol. The van der Waals surface area contributed by atoms with Gasteiger partial charge >= 0.3 is 0 Å². The lowest BCUT2D eigenvalue weighted by atomic mass is 9.97. The Bertz CT molecular complexity index is 932. The number of nitrogens with one attached hydrogen (secondary N) is 1. The largest absolute Gasteiger partial charge is 0.340 e. The van der Waals surface area contributed by atoms with Crippen LogP contribution in [0, 0.1) is 5.92 Å². The van der Waals surface area contributed by atoms with Gasteiger partial charge in [0.15, 0.2) is 0 Å². The van der Waals surface area contributed by atoms with Crippen LogP contribution in [0.25, 0.3) is 0 Å². The van der Waals surface area contributed by atoms with E-state index in [1.807, 2.05) is 18.2 Å². The standard InChI is InChI=1S/C23H25N5O/c29-22(20-8-4-15-28(17-20)23-25-12-5-13-26-23)27-21-16-19(11-14-24-21)10-9-18-6-2-1-3-7-18/h1-3,5-7,11-14,16,20H,4,8-10,15,17H2,(H,24,27,29)/t20-/m0/s1. The number of pyridine rings is 1. The number of nitrogens with zero attached hydrogens (tertiary/aromatic N) is 4. The number of rotatable bonds is 6. The fourth-order valence-corrected chi connectivity index (χ4v) is 3.69. The van der Waals surface area contributed by atoms with Gasteiger partial charge in [0.05, 0.1) is 5.92 Å². The van der Waals surface area contributed by atoms with E-state index in [4.69, 9.17) is 0 Å². The highest BCUT2D eigenvalue weighted by Gasteiger charge is 2.27. The summed E-state index contributed by atoms with van der Waals surface area (Å²) < 4.78 is 0. The molecule has 6 nitrogen and oxygen atoms in total. The number of carbonyl (C=O) groups is 1. The zero-order chi connectivity index (χ0) is 19.9. The predicted molar refractivity (Wildman–Crippen MR) is 114 cm³/mol. The van der Waals surface area contributed by atoms with Gasteiger partial charge in [0.2, 0.25) is 11.9 Å². The minimum Gasteiger partial charge on any atom is -0.340 e. The Hall–Kier alpha value is -3.28. The van der Waals surface area contributed by atoms with Crippen molar-refractivity contribution < 1.29 is 4.79 Å². The maximum Gasteiger partial charge on any atom is 0.230 e. The molecule has 0 radical (unpaired) electrons. The Labute approximate surface area is 171 Å². The second kappa shape index (κ2) is 9.28. The Kier molecular flexibility index (Phi) is 6.10. The molecule has 1 fully saturated rings. The van der Waals surface area contributed by atoms with Crippen LogP contribution in [-0.4, -0.2) is 33.9 Å². The molecule has 0 bridgehead atoms. The van der Waals surface area contributed by atoms with Crippen molar-refractivity contribution >= 4 is 17.7 Å². The van der Waals surface area contributed by atoms with Gasteiger partial charge in [-0.05, 0) is 55.0 Å². The zero-order valence-corrected chi connectivity index (χ0v) is 16.4. The van der Waals surface area contributed by atoms with Crippen LogP contribution in [0.1, 0.15) is 24.0 Å². The van der Waals surface area contributed by atoms with Gasteiger partial charge in [0.1, 0.15) is 5.82 Å². The van der Waals surface area contributed by atoms with Crippen molar-refractivity contribution in [2.75, 3.05) is 23.3 Å². The van der Waals surface area contributed by atoms with Gasteiger partial charge in [-0.25, -0.2) is 15.0 Å². The van der Waals surface area contributed by atoms with Crippen LogP contribution < -0.4 is 10.2 Å². The third-order valence-electron chi connectivity index (χ3n) is 5.25. The molecule has 6 heteroatoms. The van der Waals surface area contributed by atoms with E-state index in [0.717, 1.165) is 32.2 Å². The maximum atomic E-state index is 12.8. The predicted octanol–water partition coefficient (Wildman–Crippen LogP) is 3.51. The lowest BCUT2D eigenvalue weighted by molar-refractivity contribution is -0.120. The Morgan fingerprint density at radius 3 is 2.59 bits per heavy atom. The summed E-state index contributed by atoms with van der Waals surface area (Å²) in [5, 5.41) is 3.00. The normalized spacial score (nSPS) is 16.4. The van der Waals surface area contributed by atoms with Gasteiger partial charge in [0, 0.05) is 31.7 Å². The van der Waals surface area contributed by atoms with Gasteiger partial charge in [-0.2, -0.15) is 0 Å². The quantitative estimate of drug-likeness (QED) is 0.701. The topological polar surface area (TPSA) is 71.0 Å². The van der Waals surface area contributed by atoms with Gasteiger partial charge < -0.3 is 10.2 Å². The molecule has 0 saturated carbocycles. The van der Waals surface area contributed by atoms with E-state index in [9.17, 15) is 4.79 Å². The van der Waals surface area contributed by atoms with Gasteiger partial charge in [-0.3, -0.25) is 4.79 Å². The number of aryl methyl sites for hydroxylation is 2. The molecule has 1 aliphatic heterocycles. The molecule has 2 aromatic heterocycles. The molecule has 1 aromatic carbocycles. The summed E-state index contributed by atoms with van der Waals surface area (Å²) in [4.78, 5) is 27.8. The SMILES string of the molecule is O=C(Nc1cc(CCc2ccccc2)ccn1)[C@H]1CCCN(c2ncccn2)C1. The van der Waals surface area contributed by atoms with Crippen LogP contribution >= 0.6 is 0 Å². The average Bonchev–Trinajstić information content (AvgIpc) is 2.79. The van der Waals surface area contributed by atoms with E-state index in [2.05, 4.69) is 49.4 Å². The van der Waals surface area contributed by atoms with Crippen molar-refractivity contribution in [3.63, 3.8) is 0 Å². The number of piperidine rings is 1. The molecule has 0 spiro atoms. The van der Waals surface area contributed by atoms with E-state index in [1.165, 1.54) is 11.1 Å². The number of benzene rings is 1. The number of hydrogen-bond acceptors (Lipinski definition) is 5. The van der Waals surface area contributed by atoms with Crippen LogP contribution in [0.5, 0.6) is 0 Å². The number of hydrogen-bond donors (Lipinski definition) is 1. The molecule has 0 unspecified atom stereocenters. The van der Waals surface area contributed by atoms with Crippen molar-refractivity contribution in [3.8, 4) is 0 Å². The molecule has 3 heterocycles. The maximum absolute atomic E-state index is 12.8. The Morgan fingerprint density at radius 1 is 0.966 bits per heavy atom. The molecule has 148 valence electrons. The third kappa shape index (κ3) is 5.16. The summed E-state index contributed by atoms with van der Waals surface area (Å²) >= 11 is 0. The fourth-order valence-electron chi connectivity index (χ4n) is 3.69. The van der Waals surface area contributed by atoms with Crippen molar-refractivity contribution in [2.24, 2.45) is 5.92 Å². The first kappa shape index (κ1) is 19.1. The molecule has 1 aliphatic rings.